The lowest BCUT2D eigenvalue weighted by Gasteiger charge is -2.19. The lowest BCUT2D eigenvalue weighted by atomic mass is 10.1. The third-order valence-corrected chi connectivity index (χ3v) is 16.6. The Balaban J connectivity index is 0.974. The van der Waals surface area contributed by atoms with Gasteiger partial charge in [0, 0.05) is 43.1 Å². The topological polar surface area (TPSA) is 97.9 Å². The molecule has 0 amide bonds. The second-order valence-electron chi connectivity index (χ2n) is 20.6. The van der Waals surface area contributed by atoms with Gasteiger partial charge in [-0.25, -0.2) is 9.13 Å². The third kappa shape index (κ3) is 5.74. The predicted molar refractivity (Wildman–Crippen MR) is 325 cm³/mol. The van der Waals surface area contributed by atoms with E-state index in [1.54, 1.807) is 0 Å². The molecule has 0 saturated carbocycles. The molecule has 6 heterocycles. The second-order valence-corrected chi connectivity index (χ2v) is 20.6. The van der Waals surface area contributed by atoms with Crippen molar-refractivity contribution in [2.45, 2.75) is 0 Å². The highest BCUT2D eigenvalue weighted by molar-refractivity contribution is 6.13. The van der Waals surface area contributed by atoms with Crippen LogP contribution in [0.1, 0.15) is 0 Å². The molecule has 11 aromatic carbocycles. The van der Waals surface area contributed by atoms with Crippen molar-refractivity contribution in [3.63, 3.8) is 0 Å². The molecule has 0 bridgehead atoms. The van der Waals surface area contributed by atoms with Crippen LogP contribution in [-0.4, -0.2) is 27.4 Å². The van der Waals surface area contributed by atoms with Crippen molar-refractivity contribution in [1.29, 1.82) is 0 Å². The molecule has 17 aromatic rings. The first-order valence-electron chi connectivity index (χ1n) is 26.6. The van der Waals surface area contributed by atoms with Crippen LogP contribution in [0.5, 0.6) is 0 Å². The van der Waals surface area contributed by atoms with Gasteiger partial charge in [-0.2, -0.15) is 0 Å². The van der Waals surface area contributed by atoms with Crippen molar-refractivity contribution < 1.29 is 0 Å². The zero-order valence-electron chi connectivity index (χ0n) is 42.4. The Labute approximate surface area is 452 Å². The minimum absolute atomic E-state index is 0.0280. The van der Waals surface area contributed by atoms with E-state index in [4.69, 9.17) is 0 Å². The molecule has 0 unspecified atom stereocenters. The minimum atomic E-state index is -0.613. The molecule has 6 aromatic heterocycles. The lowest BCUT2D eigenvalue weighted by Crippen LogP contribution is -2.27. The summed E-state index contributed by atoms with van der Waals surface area (Å²) >= 11 is 0. The van der Waals surface area contributed by atoms with Gasteiger partial charge in [0.2, 0.25) is 0 Å². The van der Waals surface area contributed by atoms with E-state index in [2.05, 4.69) is 66.8 Å². The molecule has 0 saturated heterocycles. The maximum Gasteiger partial charge on any atom is 0.266 e. The van der Waals surface area contributed by atoms with Crippen molar-refractivity contribution >= 4 is 109 Å². The first-order valence-corrected chi connectivity index (χ1v) is 26.6. The molecule has 0 fully saturated rings. The maximum atomic E-state index is 15.8. The van der Waals surface area contributed by atoms with Gasteiger partial charge in [0.15, 0.2) is 0 Å². The number of aromatic nitrogens is 6. The van der Waals surface area contributed by atoms with E-state index in [0.29, 0.717) is 34.1 Å². The Morgan fingerprint density at radius 1 is 0.175 bits per heavy atom. The summed E-state index contributed by atoms with van der Waals surface area (Å²) in [5, 5.41) is 8.21. The van der Waals surface area contributed by atoms with Crippen LogP contribution in [0, 0.1) is 0 Å². The summed E-state index contributed by atoms with van der Waals surface area (Å²) in [6.45, 7) is 0. The highest BCUT2D eigenvalue weighted by atomic mass is 16.2. The van der Waals surface area contributed by atoms with Crippen LogP contribution in [0.2, 0.25) is 0 Å². The van der Waals surface area contributed by atoms with Gasteiger partial charge in [0.25, 0.3) is 22.2 Å². The van der Waals surface area contributed by atoms with Crippen LogP contribution in [0.4, 0.5) is 0 Å². The van der Waals surface area contributed by atoms with Crippen LogP contribution >= 0.6 is 0 Å². The molecule has 0 spiro atoms. The summed E-state index contributed by atoms with van der Waals surface area (Å²) in [4.78, 5) is 63.3. The van der Waals surface area contributed by atoms with Crippen LogP contribution in [0.3, 0.4) is 0 Å². The van der Waals surface area contributed by atoms with Crippen LogP contribution < -0.4 is 22.2 Å². The summed E-state index contributed by atoms with van der Waals surface area (Å²) in [6.07, 6.45) is 0. The Kier molecular flexibility index (Phi) is 8.93. The van der Waals surface area contributed by atoms with Gasteiger partial charge >= 0.3 is 0 Å². The van der Waals surface area contributed by atoms with Gasteiger partial charge < -0.3 is 18.3 Å². The first kappa shape index (κ1) is 44.1. The molecule has 0 N–H and O–H groups in total. The molecule has 10 heteroatoms. The number of benzene rings is 11. The summed E-state index contributed by atoms with van der Waals surface area (Å²) in [7, 11) is 0. The van der Waals surface area contributed by atoms with E-state index in [-0.39, 0.29) is 21.5 Å². The fourth-order valence-electron chi connectivity index (χ4n) is 13.3. The van der Waals surface area contributed by atoms with E-state index >= 15 is 19.2 Å². The van der Waals surface area contributed by atoms with Crippen molar-refractivity contribution in [3.05, 3.63) is 284 Å². The normalized spacial score (nSPS) is 12.2. The lowest BCUT2D eigenvalue weighted by molar-refractivity contribution is 0.946. The molecular weight excluding hydrogens is 989 g/mol. The average molecular weight is 1030 g/mol. The number of rotatable bonds is 6. The van der Waals surface area contributed by atoms with Crippen molar-refractivity contribution in [2.24, 2.45) is 0 Å². The summed E-state index contributed by atoms with van der Waals surface area (Å²) < 4.78 is 11.0. The molecule has 10 nitrogen and oxygen atoms in total. The van der Waals surface area contributed by atoms with E-state index in [1.165, 1.54) is 21.3 Å². The van der Waals surface area contributed by atoms with Crippen molar-refractivity contribution in [3.8, 4) is 34.1 Å². The van der Waals surface area contributed by atoms with Gasteiger partial charge in [-0.3, -0.25) is 19.2 Å². The zero-order valence-corrected chi connectivity index (χ0v) is 42.4. The van der Waals surface area contributed by atoms with Gasteiger partial charge in [-0.15, -0.1) is 0 Å². The fourth-order valence-corrected chi connectivity index (χ4v) is 13.3. The van der Waals surface area contributed by atoms with Crippen molar-refractivity contribution in [1.82, 2.24) is 27.4 Å². The largest absolute Gasteiger partial charge is 0.307 e. The highest BCUT2D eigenvalue weighted by Gasteiger charge is 2.30. The Hall–Kier alpha value is -11.1. The number of para-hydroxylation sites is 10. The molecule has 0 radical (unpaired) electrons. The molecule has 0 atom stereocenters. The van der Waals surface area contributed by atoms with Gasteiger partial charge in [0.05, 0.1) is 88.4 Å². The maximum absolute atomic E-state index is 15.8. The number of hydrogen-bond acceptors (Lipinski definition) is 4. The minimum Gasteiger partial charge on any atom is -0.307 e. The van der Waals surface area contributed by atoms with E-state index in [1.807, 2.05) is 182 Å². The second kappa shape index (κ2) is 16.2. The zero-order chi connectivity index (χ0) is 53.1. The van der Waals surface area contributed by atoms with Crippen LogP contribution in [0.25, 0.3) is 143 Å². The Morgan fingerprint density at radius 2 is 0.350 bits per heavy atom. The molecule has 17 rings (SSSR count). The van der Waals surface area contributed by atoms with E-state index in [9.17, 15) is 0 Å². The average Bonchev–Trinajstić information content (AvgIpc) is 4.49. The highest BCUT2D eigenvalue weighted by Crippen LogP contribution is 2.42. The van der Waals surface area contributed by atoms with E-state index in [0.717, 1.165) is 87.2 Å². The Bertz CT molecular complexity index is 4890. The number of nitrogens with zero attached hydrogens (tertiary/aromatic N) is 6. The first-order chi connectivity index (χ1) is 39.4. The summed E-state index contributed by atoms with van der Waals surface area (Å²) in [6, 6.07) is 79.7. The number of hydrogen-bond donors (Lipinski definition) is 0. The summed E-state index contributed by atoms with van der Waals surface area (Å²) in [5.41, 5.74) is 7.78. The van der Waals surface area contributed by atoms with Gasteiger partial charge in [-0.05, 0) is 84.9 Å². The molecule has 0 aliphatic carbocycles. The standard InChI is InChI=1S/C70H40N6O4/c77-67-49-39-51-52(70(80)76(69(51)79)66-63(73-57-31-13-5-23-45(57)46-24-6-14-32-58(46)73)37-18-38-64(66)74-59-33-15-7-25-47(59)48-26-8-16-34-60(48)74)40-50(49)68(78)75(67)65-61(71-53-27-9-1-19-41(53)42-20-2-10-28-54(42)71)35-17-36-62(65)72-55-29-11-3-21-43(55)44-22-4-12-30-56(44)72/h1-40H. The van der Waals surface area contributed by atoms with Crippen molar-refractivity contribution in [2.75, 3.05) is 0 Å². The molecule has 374 valence electrons. The van der Waals surface area contributed by atoms with Gasteiger partial charge in [0.1, 0.15) is 11.4 Å². The van der Waals surface area contributed by atoms with Gasteiger partial charge in [-0.1, -0.05) is 158 Å². The Morgan fingerprint density at radius 3 is 0.537 bits per heavy atom. The fraction of sp³-hybridized carbons (Fsp3) is 0. The van der Waals surface area contributed by atoms with Crippen LogP contribution in [-0.2, 0) is 0 Å². The smallest absolute Gasteiger partial charge is 0.266 e. The third-order valence-electron chi connectivity index (χ3n) is 16.6. The summed E-state index contributed by atoms with van der Waals surface area (Å²) in [5.74, 6) is 0. The number of fused-ring (bicyclic) bond motifs is 14. The van der Waals surface area contributed by atoms with Crippen LogP contribution in [0.15, 0.2) is 262 Å². The SMILES string of the molecule is O=c1c2cc3c(=O)n(-c4c(-n5c6ccccc6c6ccccc65)cccc4-n4c5ccccc5c5ccccc54)c(=O)c3cc2c(=O)n1-c1c(-n2c3ccccc3c3ccccc32)cccc1-n1c2ccccc2c2ccccc21. The molecule has 80 heavy (non-hydrogen) atoms. The molecular formula is C70H40N6O4. The quantitative estimate of drug-likeness (QED) is 0.166. The molecule has 0 aliphatic rings. The van der Waals surface area contributed by atoms with E-state index < -0.39 is 22.2 Å². The monoisotopic (exact) mass is 1030 g/mol. The molecule has 0 aliphatic heterocycles. The predicted octanol–water partition coefficient (Wildman–Crippen LogP) is 14.3.